The quantitative estimate of drug-likeness (QED) is 0.493. The molecule has 0 spiro atoms. The van der Waals surface area contributed by atoms with Gasteiger partial charge in [-0.25, -0.2) is 9.67 Å². The molecule has 0 amide bonds. The van der Waals surface area contributed by atoms with Gasteiger partial charge in [0.1, 0.15) is 6.04 Å². The molecule has 0 bridgehead atoms. The number of Topliss-reactive ketones (excluding diaryl/α,β-unsaturated/α-hetero) is 1. The van der Waals surface area contributed by atoms with E-state index in [0.717, 1.165) is 5.56 Å². The van der Waals surface area contributed by atoms with Gasteiger partial charge in [-0.2, -0.15) is 14.6 Å². The second-order valence-corrected chi connectivity index (χ2v) is 6.58. The molecule has 0 aliphatic carbocycles. The predicted octanol–water partition coefficient (Wildman–Crippen LogP) is 2.88. The monoisotopic (exact) mass is 387 g/mol. The van der Waals surface area contributed by atoms with E-state index >= 15 is 0 Å². The van der Waals surface area contributed by atoms with Crippen LogP contribution in [0.1, 0.15) is 24.9 Å². The van der Waals surface area contributed by atoms with Crippen LogP contribution in [0.4, 0.5) is 5.95 Å². The third kappa shape index (κ3) is 2.66. The first-order chi connectivity index (χ1) is 14.2. The number of hydrogen-bond acceptors (Lipinski definition) is 7. The van der Waals surface area contributed by atoms with E-state index in [1.165, 1.54) is 4.52 Å². The van der Waals surface area contributed by atoms with Crippen LogP contribution >= 0.6 is 0 Å². The minimum atomic E-state index is -0.597. The molecule has 1 atom stereocenters. The predicted molar refractivity (Wildman–Crippen MR) is 106 cm³/mol. The third-order valence-electron chi connectivity index (χ3n) is 4.81. The van der Waals surface area contributed by atoms with Crippen LogP contribution in [0.5, 0.6) is 0 Å². The number of benzene rings is 1. The molecule has 0 unspecified atom stereocenters. The van der Waals surface area contributed by atoms with Gasteiger partial charge in [-0.1, -0.05) is 37.3 Å². The maximum atomic E-state index is 12.8. The maximum Gasteiger partial charge on any atom is 0.225 e. The van der Waals surface area contributed by atoms with E-state index in [4.69, 9.17) is 10.2 Å². The van der Waals surface area contributed by atoms with Crippen molar-refractivity contribution >= 4 is 28.4 Å². The molecule has 29 heavy (non-hydrogen) atoms. The van der Waals surface area contributed by atoms with E-state index in [9.17, 15) is 4.79 Å². The van der Waals surface area contributed by atoms with Crippen LogP contribution in [0.3, 0.4) is 0 Å². The van der Waals surface area contributed by atoms with Crippen molar-refractivity contribution in [3.05, 3.63) is 60.5 Å². The molecule has 2 N–H and O–H groups in total. The molecule has 144 valence electrons. The van der Waals surface area contributed by atoms with Gasteiger partial charge in [0.05, 0.1) is 17.8 Å². The number of anilines is 1. The minimum absolute atomic E-state index is 0.0270. The highest BCUT2D eigenvalue weighted by molar-refractivity contribution is 5.93. The van der Waals surface area contributed by atoms with E-state index < -0.39 is 6.04 Å². The summed E-state index contributed by atoms with van der Waals surface area (Å²) in [6, 6.07) is 12.4. The topological polar surface area (TPSA) is 117 Å². The summed E-state index contributed by atoms with van der Waals surface area (Å²) in [4.78, 5) is 21.8. The number of ketones is 1. The first-order valence-electron chi connectivity index (χ1n) is 9.18. The standard InChI is InChI=1S/C20H17N7O2/c1-2-14(28)16(12-7-4-3-5-8-12)26-19-13(11-22-26)18-23-17(15-9-6-10-29-15)25-27(18)20(21)24-19/h3-11,16H,2H2,1H3,(H2,21,24)/t16-/m0/s1. The highest BCUT2D eigenvalue weighted by atomic mass is 16.3. The zero-order valence-electron chi connectivity index (χ0n) is 15.6. The van der Waals surface area contributed by atoms with Gasteiger partial charge in [0, 0.05) is 6.42 Å². The molecule has 9 nitrogen and oxygen atoms in total. The minimum Gasteiger partial charge on any atom is -0.461 e. The Morgan fingerprint density at radius 1 is 1.14 bits per heavy atom. The smallest absolute Gasteiger partial charge is 0.225 e. The van der Waals surface area contributed by atoms with Crippen LogP contribution in [0.15, 0.2) is 59.3 Å². The highest BCUT2D eigenvalue weighted by Gasteiger charge is 2.26. The van der Waals surface area contributed by atoms with Crippen LogP contribution in [-0.4, -0.2) is 35.1 Å². The molecule has 0 saturated heterocycles. The lowest BCUT2D eigenvalue weighted by Gasteiger charge is -2.17. The Hall–Kier alpha value is -4.01. The lowest BCUT2D eigenvalue weighted by molar-refractivity contribution is -0.121. The fourth-order valence-corrected chi connectivity index (χ4v) is 3.42. The normalized spacial score (nSPS) is 12.6. The molecule has 5 aromatic rings. The van der Waals surface area contributed by atoms with Crippen LogP contribution < -0.4 is 5.73 Å². The number of nitrogens with two attached hydrogens (primary N) is 1. The summed E-state index contributed by atoms with van der Waals surface area (Å²) in [5.74, 6) is 1.10. The lowest BCUT2D eigenvalue weighted by Crippen LogP contribution is -2.22. The van der Waals surface area contributed by atoms with Crippen molar-refractivity contribution in [2.75, 3.05) is 5.73 Å². The Bertz CT molecular complexity index is 1320. The van der Waals surface area contributed by atoms with Crippen molar-refractivity contribution in [1.29, 1.82) is 0 Å². The fraction of sp³-hybridized carbons (Fsp3) is 0.150. The average Bonchev–Trinajstić information content (AvgIpc) is 3.48. The van der Waals surface area contributed by atoms with Gasteiger partial charge in [0.25, 0.3) is 0 Å². The number of fused-ring (bicyclic) bond motifs is 3. The molecule has 5 rings (SSSR count). The molecule has 9 heteroatoms. The molecule has 1 aromatic carbocycles. The Kier molecular flexibility index (Phi) is 3.87. The van der Waals surface area contributed by atoms with E-state index in [1.807, 2.05) is 37.3 Å². The van der Waals surface area contributed by atoms with Crippen molar-refractivity contribution in [3.63, 3.8) is 0 Å². The first kappa shape index (κ1) is 17.1. The Morgan fingerprint density at radius 3 is 2.69 bits per heavy atom. The summed E-state index contributed by atoms with van der Waals surface area (Å²) in [7, 11) is 0. The summed E-state index contributed by atoms with van der Waals surface area (Å²) < 4.78 is 8.44. The largest absolute Gasteiger partial charge is 0.461 e. The molecule has 0 aliphatic rings. The van der Waals surface area contributed by atoms with E-state index in [2.05, 4.69) is 20.2 Å². The molecule has 0 saturated carbocycles. The van der Waals surface area contributed by atoms with Gasteiger partial charge < -0.3 is 10.2 Å². The lowest BCUT2D eigenvalue weighted by atomic mass is 10.0. The van der Waals surface area contributed by atoms with Gasteiger partial charge in [-0.15, -0.1) is 5.10 Å². The van der Waals surface area contributed by atoms with Gasteiger partial charge in [-0.05, 0) is 17.7 Å². The zero-order valence-corrected chi connectivity index (χ0v) is 15.6. The molecular formula is C20H17N7O2. The van der Waals surface area contributed by atoms with Crippen molar-refractivity contribution in [2.45, 2.75) is 19.4 Å². The van der Waals surface area contributed by atoms with E-state index in [0.29, 0.717) is 34.7 Å². The molecule has 0 radical (unpaired) electrons. The zero-order chi connectivity index (χ0) is 20.0. The van der Waals surface area contributed by atoms with E-state index in [-0.39, 0.29) is 11.7 Å². The highest BCUT2D eigenvalue weighted by Crippen LogP contribution is 2.28. The number of furan rings is 1. The number of carbonyl (C=O) groups is 1. The Labute approximate surface area is 164 Å². The SMILES string of the molecule is CCC(=O)[C@H](c1ccccc1)n1ncc2c1nc(N)n1nc(-c3ccco3)nc21. The van der Waals surface area contributed by atoms with Gasteiger partial charge in [-0.3, -0.25) is 4.79 Å². The van der Waals surface area contributed by atoms with Crippen LogP contribution in [-0.2, 0) is 4.79 Å². The number of rotatable bonds is 5. The average molecular weight is 387 g/mol. The second kappa shape index (κ2) is 6.55. The molecule has 0 fully saturated rings. The van der Waals surface area contributed by atoms with Gasteiger partial charge in [0.15, 0.2) is 22.8 Å². The fourth-order valence-electron chi connectivity index (χ4n) is 3.42. The van der Waals surface area contributed by atoms with Crippen LogP contribution in [0.25, 0.3) is 28.3 Å². The maximum absolute atomic E-state index is 12.8. The number of nitrogen functional groups attached to an aromatic ring is 1. The van der Waals surface area contributed by atoms with Crippen LogP contribution in [0.2, 0.25) is 0 Å². The van der Waals surface area contributed by atoms with Crippen molar-refractivity contribution in [3.8, 4) is 11.6 Å². The summed E-state index contributed by atoms with van der Waals surface area (Å²) in [6.45, 7) is 1.83. The van der Waals surface area contributed by atoms with Crippen molar-refractivity contribution in [2.24, 2.45) is 0 Å². The van der Waals surface area contributed by atoms with Crippen molar-refractivity contribution < 1.29 is 9.21 Å². The Morgan fingerprint density at radius 2 is 1.97 bits per heavy atom. The number of aromatic nitrogens is 6. The summed E-state index contributed by atoms with van der Waals surface area (Å²) in [5, 5.41) is 9.51. The third-order valence-corrected chi connectivity index (χ3v) is 4.81. The van der Waals surface area contributed by atoms with E-state index in [1.54, 1.807) is 29.3 Å². The molecule has 4 heterocycles. The Balaban J connectivity index is 1.74. The number of hydrogen-bond donors (Lipinski definition) is 1. The van der Waals surface area contributed by atoms with Crippen molar-refractivity contribution in [1.82, 2.24) is 29.4 Å². The summed E-state index contributed by atoms with van der Waals surface area (Å²) >= 11 is 0. The number of carbonyl (C=O) groups excluding carboxylic acids is 1. The van der Waals surface area contributed by atoms with Crippen LogP contribution in [0, 0.1) is 0 Å². The van der Waals surface area contributed by atoms with Gasteiger partial charge in [0.2, 0.25) is 11.8 Å². The molecular weight excluding hydrogens is 370 g/mol. The first-order valence-corrected chi connectivity index (χ1v) is 9.18. The van der Waals surface area contributed by atoms with Gasteiger partial charge >= 0.3 is 0 Å². The second-order valence-electron chi connectivity index (χ2n) is 6.58. The molecule has 0 aliphatic heterocycles. The number of nitrogens with zero attached hydrogens (tertiary/aromatic N) is 6. The summed E-state index contributed by atoms with van der Waals surface area (Å²) in [5.41, 5.74) is 7.97. The summed E-state index contributed by atoms with van der Waals surface area (Å²) in [6.07, 6.45) is 3.56. The molecule has 4 aromatic heterocycles.